The van der Waals surface area contributed by atoms with Crippen LogP contribution in [0.1, 0.15) is 5.56 Å². The van der Waals surface area contributed by atoms with Crippen molar-refractivity contribution in [2.24, 2.45) is 0 Å². The Bertz CT molecular complexity index is 666. The van der Waals surface area contributed by atoms with Crippen LogP contribution in [0.5, 0.6) is 0 Å². The third-order valence-corrected chi connectivity index (χ3v) is 2.93. The molecule has 0 spiro atoms. The van der Waals surface area contributed by atoms with Gasteiger partial charge in [0.15, 0.2) is 0 Å². The van der Waals surface area contributed by atoms with E-state index in [0.717, 1.165) is 11.3 Å². The number of aromatic nitrogens is 1. The molecule has 5 nitrogen and oxygen atoms in total. The second kappa shape index (κ2) is 5.29. The number of nitrogens with zero attached hydrogens (tertiary/aromatic N) is 2. The third-order valence-electron chi connectivity index (χ3n) is 2.23. The van der Waals surface area contributed by atoms with Crippen molar-refractivity contribution >= 4 is 22.9 Å². The molecule has 0 unspecified atom stereocenters. The lowest BCUT2D eigenvalue weighted by atomic mass is 10.2. The van der Waals surface area contributed by atoms with Gasteiger partial charge in [-0.15, -0.1) is 0 Å². The van der Waals surface area contributed by atoms with Crippen LogP contribution in [0.3, 0.4) is 0 Å². The largest absolute Gasteiger partial charge is 0.324 e. The van der Waals surface area contributed by atoms with E-state index in [1.54, 1.807) is 35.8 Å². The first-order valence-corrected chi connectivity index (χ1v) is 6.01. The molecular formula is C12H9N3O2S. The molecule has 0 bridgehead atoms. The van der Waals surface area contributed by atoms with E-state index in [1.165, 1.54) is 4.57 Å². The van der Waals surface area contributed by atoms with Gasteiger partial charge in [-0.3, -0.25) is 14.2 Å². The van der Waals surface area contributed by atoms with Gasteiger partial charge in [0.1, 0.15) is 6.54 Å². The highest BCUT2D eigenvalue weighted by Crippen LogP contribution is 2.09. The van der Waals surface area contributed by atoms with Crippen molar-refractivity contribution in [3.63, 3.8) is 0 Å². The zero-order valence-corrected chi connectivity index (χ0v) is 10.1. The van der Waals surface area contributed by atoms with Crippen molar-refractivity contribution < 1.29 is 4.79 Å². The van der Waals surface area contributed by atoms with Crippen LogP contribution in [0.15, 0.2) is 40.6 Å². The zero-order chi connectivity index (χ0) is 13.0. The summed E-state index contributed by atoms with van der Waals surface area (Å²) in [5.74, 6) is -0.300. The highest BCUT2D eigenvalue weighted by Gasteiger charge is 2.05. The minimum atomic E-state index is -0.300. The lowest BCUT2D eigenvalue weighted by Gasteiger charge is -2.05. The number of rotatable bonds is 3. The van der Waals surface area contributed by atoms with Gasteiger partial charge >= 0.3 is 4.87 Å². The first-order chi connectivity index (χ1) is 8.69. The van der Waals surface area contributed by atoms with Gasteiger partial charge in [-0.2, -0.15) is 5.26 Å². The molecule has 0 aliphatic carbocycles. The van der Waals surface area contributed by atoms with Crippen LogP contribution in [-0.4, -0.2) is 10.5 Å². The standard InChI is InChI=1S/C12H9N3O2S/c13-7-9-2-1-3-10(6-9)14-11(16)8-15-4-5-18-12(15)17/h1-6H,8H2,(H,14,16). The number of carbonyl (C=O) groups is 1. The van der Waals surface area contributed by atoms with Crippen molar-refractivity contribution in [3.05, 3.63) is 51.1 Å². The van der Waals surface area contributed by atoms with E-state index in [9.17, 15) is 9.59 Å². The zero-order valence-electron chi connectivity index (χ0n) is 9.29. The van der Waals surface area contributed by atoms with E-state index < -0.39 is 0 Å². The van der Waals surface area contributed by atoms with E-state index in [2.05, 4.69) is 5.32 Å². The maximum Gasteiger partial charge on any atom is 0.307 e. The summed E-state index contributed by atoms with van der Waals surface area (Å²) in [7, 11) is 0. The topological polar surface area (TPSA) is 74.9 Å². The lowest BCUT2D eigenvalue weighted by Crippen LogP contribution is -2.23. The van der Waals surface area contributed by atoms with Gasteiger partial charge in [-0.1, -0.05) is 17.4 Å². The van der Waals surface area contributed by atoms with Gasteiger partial charge in [0.2, 0.25) is 5.91 Å². The fourth-order valence-corrected chi connectivity index (χ4v) is 2.01. The van der Waals surface area contributed by atoms with Crippen LogP contribution in [0, 0.1) is 11.3 Å². The molecule has 18 heavy (non-hydrogen) atoms. The molecule has 0 saturated heterocycles. The number of anilines is 1. The van der Waals surface area contributed by atoms with E-state index in [4.69, 9.17) is 5.26 Å². The smallest absolute Gasteiger partial charge is 0.307 e. The van der Waals surface area contributed by atoms with E-state index >= 15 is 0 Å². The molecule has 90 valence electrons. The van der Waals surface area contributed by atoms with Crippen molar-refractivity contribution in [2.75, 3.05) is 5.32 Å². The van der Waals surface area contributed by atoms with Crippen molar-refractivity contribution in [3.8, 4) is 6.07 Å². The van der Waals surface area contributed by atoms with Gasteiger partial charge in [-0.05, 0) is 18.2 Å². The average molecular weight is 259 g/mol. The monoisotopic (exact) mass is 259 g/mol. The minimum Gasteiger partial charge on any atom is -0.324 e. The van der Waals surface area contributed by atoms with E-state index in [-0.39, 0.29) is 17.3 Å². The molecule has 1 heterocycles. The van der Waals surface area contributed by atoms with Gasteiger partial charge in [0.25, 0.3) is 0 Å². The highest BCUT2D eigenvalue weighted by molar-refractivity contribution is 7.07. The number of nitriles is 1. The van der Waals surface area contributed by atoms with Gasteiger partial charge < -0.3 is 5.32 Å². The average Bonchev–Trinajstić information content (AvgIpc) is 2.75. The predicted octanol–water partition coefficient (Wildman–Crippen LogP) is 1.42. The summed E-state index contributed by atoms with van der Waals surface area (Å²) >= 11 is 1.04. The SMILES string of the molecule is N#Cc1cccc(NC(=O)Cn2ccsc2=O)c1. The van der Waals surface area contributed by atoms with Gasteiger partial charge in [-0.25, -0.2) is 0 Å². The Balaban J connectivity index is 2.06. The number of thiazole rings is 1. The molecule has 1 aromatic carbocycles. The normalized spacial score (nSPS) is 9.72. The molecule has 1 aromatic heterocycles. The summed E-state index contributed by atoms with van der Waals surface area (Å²) in [6.45, 7) is -0.0287. The van der Waals surface area contributed by atoms with Gasteiger partial charge in [0.05, 0.1) is 11.6 Å². The Morgan fingerprint density at radius 1 is 1.50 bits per heavy atom. The summed E-state index contributed by atoms with van der Waals surface area (Å²) in [4.78, 5) is 22.8. The van der Waals surface area contributed by atoms with Crippen LogP contribution >= 0.6 is 11.3 Å². The Morgan fingerprint density at radius 3 is 3.00 bits per heavy atom. The number of nitrogens with one attached hydrogen (secondary N) is 1. The lowest BCUT2D eigenvalue weighted by molar-refractivity contribution is -0.116. The Morgan fingerprint density at radius 2 is 2.33 bits per heavy atom. The Kier molecular flexibility index (Phi) is 3.55. The summed E-state index contributed by atoms with van der Waals surface area (Å²) in [6, 6.07) is 8.59. The Hall–Kier alpha value is -2.39. The molecule has 0 saturated carbocycles. The van der Waals surface area contributed by atoms with Crippen molar-refractivity contribution in [1.82, 2.24) is 4.57 Å². The van der Waals surface area contributed by atoms with Crippen molar-refractivity contribution in [1.29, 1.82) is 5.26 Å². The molecular weight excluding hydrogens is 250 g/mol. The van der Waals surface area contributed by atoms with Gasteiger partial charge in [0, 0.05) is 17.3 Å². The molecule has 0 aliphatic heterocycles. The summed E-state index contributed by atoms with van der Waals surface area (Å²) in [5, 5.41) is 13.0. The number of carbonyl (C=O) groups excluding carboxylic acids is 1. The number of hydrogen-bond donors (Lipinski definition) is 1. The number of hydrogen-bond acceptors (Lipinski definition) is 4. The third kappa shape index (κ3) is 2.84. The molecule has 2 rings (SSSR count). The minimum absolute atomic E-state index is 0.0287. The van der Waals surface area contributed by atoms with Crippen LogP contribution in [0.25, 0.3) is 0 Å². The molecule has 0 radical (unpaired) electrons. The van der Waals surface area contributed by atoms with E-state index in [1.807, 2.05) is 6.07 Å². The highest BCUT2D eigenvalue weighted by atomic mass is 32.1. The van der Waals surface area contributed by atoms with Crippen LogP contribution < -0.4 is 10.2 Å². The maximum absolute atomic E-state index is 11.7. The summed E-state index contributed by atoms with van der Waals surface area (Å²) in [5.41, 5.74) is 1.02. The first-order valence-electron chi connectivity index (χ1n) is 5.13. The number of amides is 1. The molecule has 2 aromatic rings. The van der Waals surface area contributed by atoms with E-state index in [0.29, 0.717) is 11.3 Å². The summed E-state index contributed by atoms with van der Waals surface area (Å²) in [6.07, 6.45) is 1.57. The second-order valence-corrected chi connectivity index (χ2v) is 4.39. The maximum atomic E-state index is 11.7. The fraction of sp³-hybridized carbons (Fsp3) is 0.0833. The molecule has 0 fully saturated rings. The fourth-order valence-electron chi connectivity index (χ4n) is 1.43. The molecule has 0 aliphatic rings. The molecule has 0 atom stereocenters. The number of benzene rings is 1. The predicted molar refractivity (Wildman–Crippen MR) is 68.4 cm³/mol. The first kappa shape index (κ1) is 12.1. The second-order valence-electron chi connectivity index (χ2n) is 3.54. The van der Waals surface area contributed by atoms with Crippen LogP contribution in [0.4, 0.5) is 5.69 Å². The molecule has 1 N–H and O–H groups in total. The quantitative estimate of drug-likeness (QED) is 0.905. The molecule has 1 amide bonds. The molecule has 6 heteroatoms. The van der Waals surface area contributed by atoms with Crippen molar-refractivity contribution in [2.45, 2.75) is 6.54 Å². The van der Waals surface area contributed by atoms with Crippen LogP contribution in [-0.2, 0) is 11.3 Å². The van der Waals surface area contributed by atoms with Crippen LogP contribution in [0.2, 0.25) is 0 Å². The summed E-state index contributed by atoms with van der Waals surface area (Å²) < 4.78 is 1.33. The Labute approximate surface area is 107 Å².